The number of halogens is 1. The summed E-state index contributed by atoms with van der Waals surface area (Å²) in [4.78, 5) is 25.7. The first-order valence-electron chi connectivity index (χ1n) is 9.34. The number of hydrogen-bond donors (Lipinski definition) is 0. The Morgan fingerprint density at radius 1 is 1.28 bits per heavy atom. The summed E-state index contributed by atoms with van der Waals surface area (Å²) in [6.07, 6.45) is 2.62. The number of methoxy groups -OCH3 is 1. The zero-order valence-electron chi connectivity index (χ0n) is 17.3. The molecule has 0 amide bonds. The van der Waals surface area contributed by atoms with Gasteiger partial charge in [0.05, 0.1) is 24.9 Å². The van der Waals surface area contributed by atoms with E-state index in [0.29, 0.717) is 40.3 Å². The molecule has 0 aliphatic rings. The van der Waals surface area contributed by atoms with E-state index in [1.165, 1.54) is 23.9 Å². The topological polar surface area (TPSA) is 81.3 Å². The van der Waals surface area contributed by atoms with Crippen molar-refractivity contribution in [1.29, 1.82) is 5.26 Å². The van der Waals surface area contributed by atoms with Crippen molar-refractivity contribution in [2.45, 2.75) is 52.2 Å². The number of pyridine rings is 1. The summed E-state index contributed by atoms with van der Waals surface area (Å²) in [5, 5.41) is 9.85. The van der Waals surface area contributed by atoms with Crippen molar-refractivity contribution in [3.8, 4) is 22.9 Å². The number of rotatable bonds is 6. The Morgan fingerprint density at radius 2 is 1.97 bits per heavy atom. The van der Waals surface area contributed by atoms with Gasteiger partial charge in [0.15, 0.2) is 0 Å². The second-order valence-electron chi connectivity index (χ2n) is 7.64. The van der Waals surface area contributed by atoms with E-state index in [1.54, 1.807) is 39.0 Å². The molecule has 0 fully saturated rings. The van der Waals surface area contributed by atoms with Gasteiger partial charge in [0.25, 0.3) is 5.56 Å². The second-order valence-corrected chi connectivity index (χ2v) is 8.08. The Bertz CT molecular complexity index is 999. The molecule has 1 heterocycles. The lowest BCUT2D eigenvalue weighted by atomic mass is 10.00. The second kappa shape index (κ2) is 9.15. The Kier molecular flexibility index (Phi) is 7.10. The van der Waals surface area contributed by atoms with Crippen LogP contribution in [-0.4, -0.2) is 23.2 Å². The molecule has 0 aliphatic carbocycles. The first kappa shape index (κ1) is 22.5. The van der Waals surface area contributed by atoms with Crippen LogP contribution in [0, 0.1) is 11.3 Å². The van der Waals surface area contributed by atoms with Gasteiger partial charge in [-0.3, -0.25) is 9.36 Å². The average molecular weight is 417 g/mol. The summed E-state index contributed by atoms with van der Waals surface area (Å²) < 4.78 is 12.3. The van der Waals surface area contributed by atoms with E-state index >= 15 is 0 Å². The van der Waals surface area contributed by atoms with E-state index in [0.717, 1.165) is 0 Å². The minimum absolute atomic E-state index is 0.355. The lowest BCUT2D eigenvalue weighted by Gasteiger charge is -2.25. The molecular formula is C22H25ClN2O4. The Balaban J connectivity index is 2.63. The SMILES string of the molecule is CCCC(C(=O)OC(C)(C)C)n1cc(OC)c(-c2cc(Cl)ccc2C#N)cc1=O. The number of carbonyl (C=O) groups is 1. The smallest absolute Gasteiger partial charge is 0.329 e. The van der Waals surface area contributed by atoms with Crippen molar-refractivity contribution in [3.63, 3.8) is 0 Å². The molecule has 1 unspecified atom stereocenters. The zero-order chi connectivity index (χ0) is 21.8. The third kappa shape index (κ3) is 5.39. The minimum atomic E-state index is -0.774. The molecule has 1 atom stereocenters. The van der Waals surface area contributed by atoms with E-state index < -0.39 is 23.2 Å². The van der Waals surface area contributed by atoms with Crippen LogP contribution in [-0.2, 0) is 9.53 Å². The quantitative estimate of drug-likeness (QED) is 0.635. The van der Waals surface area contributed by atoms with Gasteiger partial charge in [-0.15, -0.1) is 0 Å². The molecule has 0 saturated carbocycles. The van der Waals surface area contributed by atoms with E-state index in [1.807, 2.05) is 6.92 Å². The fourth-order valence-electron chi connectivity index (χ4n) is 3.00. The first-order chi connectivity index (χ1) is 13.6. The molecule has 2 aromatic rings. The lowest BCUT2D eigenvalue weighted by molar-refractivity contribution is -0.159. The lowest BCUT2D eigenvalue weighted by Crippen LogP contribution is -2.34. The Morgan fingerprint density at radius 3 is 2.52 bits per heavy atom. The molecule has 2 rings (SSSR count). The maximum atomic E-state index is 12.9. The molecule has 29 heavy (non-hydrogen) atoms. The van der Waals surface area contributed by atoms with Crippen LogP contribution in [0.1, 0.15) is 52.1 Å². The fraction of sp³-hybridized carbons (Fsp3) is 0.409. The van der Waals surface area contributed by atoms with Crippen LogP contribution >= 0.6 is 11.6 Å². The number of nitriles is 1. The summed E-state index contributed by atoms with van der Waals surface area (Å²) in [6.45, 7) is 7.27. The summed E-state index contributed by atoms with van der Waals surface area (Å²) in [7, 11) is 1.46. The predicted molar refractivity (Wildman–Crippen MR) is 112 cm³/mol. The number of aromatic nitrogens is 1. The predicted octanol–water partition coefficient (Wildman–Crippen LogP) is 4.73. The standard InChI is InChI=1S/C22H25ClN2O4/c1-6-7-18(21(27)29-22(2,3)4)25-13-19(28-5)17(11-20(25)26)16-10-15(23)9-8-14(16)12-24/h8-11,13,18H,6-7H2,1-5H3. The summed E-state index contributed by atoms with van der Waals surface area (Å²) >= 11 is 6.09. The number of esters is 1. The van der Waals surface area contributed by atoms with Gasteiger partial charge < -0.3 is 9.47 Å². The zero-order valence-corrected chi connectivity index (χ0v) is 18.0. The molecule has 0 saturated heterocycles. The Hall–Kier alpha value is -2.78. The van der Waals surface area contributed by atoms with Gasteiger partial charge in [-0.05, 0) is 45.4 Å². The van der Waals surface area contributed by atoms with E-state index in [4.69, 9.17) is 21.1 Å². The molecule has 0 radical (unpaired) electrons. The van der Waals surface area contributed by atoms with Gasteiger partial charge in [0.2, 0.25) is 0 Å². The summed E-state index contributed by atoms with van der Waals surface area (Å²) in [5.74, 6) is -0.121. The average Bonchev–Trinajstić information content (AvgIpc) is 2.64. The number of benzene rings is 1. The van der Waals surface area contributed by atoms with Crippen LogP contribution < -0.4 is 10.3 Å². The molecule has 6 nitrogen and oxygen atoms in total. The molecule has 0 bridgehead atoms. The van der Waals surface area contributed by atoms with Gasteiger partial charge in [0.1, 0.15) is 17.4 Å². The number of ether oxygens (including phenoxy) is 2. The summed E-state index contributed by atoms with van der Waals surface area (Å²) in [6, 6.07) is 7.49. The van der Waals surface area contributed by atoms with Crippen LogP contribution in [0.15, 0.2) is 35.3 Å². The highest BCUT2D eigenvalue weighted by atomic mass is 35.5. The molecule has 1 aromatic heterocycles. The molecular weight excluding hydrogens is 392 g/mol. The molecule has 0 N–H and O–H groups in total. The molecule has 0 aliphatic heterocycles. The van der Waals surface area contributed by atoms with Crippen molar-refractivity contribution in [3.05, 3.63) is 51.4 Å². The Labute approximate surface area is 175 Å². The van der Waals surface area contributed by atoms with Crippen LogP contribution in [0.4, 0.5) is 0 Å². The van der Waals surface area contributed by atoms with Crippen molar-refractivity contribution < 1.29 is 14.3 Å². The van der Waals surface area contributed by atoms with Crippen LogP contribution in [0.5, 0.6) is 5.75 Å². The normalized spacial score (nSPS) is 12.2. The number of nitrogens with zero attached hydrogens (tertiary/aromatic N) is 2. The van der Waals surface area contributed by atoms with Crippen molar-refractivity contribution in [1.82, 2.24) is 4.57 Å². The molecule has 0 spiro atoms. The molecule has 1 aromatic carbocycles. The highest BCUT2D eigenvalue weighted by Gasteiger charge is 2.28. The minimum Gasteiger partial charge on any atom is -0.495 e. The highest BCUT2D eigenvalue weighted by molar-refractivity contribution is 6.31. The molecule has 154 valence electrons. The van der Waals surface area contributed by atoms with Crippen molar-refractivity contribution in [2.75, 3.05) is 7.11 Å². The van der Waals surface area contributed by atoms with Gasteiger partial charge >= 0.3 is 5.97 Å². The monoisotopic (exact) mass is 416 g/mol. The van der Waals surface area contributed by atoms with Gasteiger partial charge in [-0.2, -0.15) is 5.26 Å². The van der Waals surface area contributed by atoms with E-state index in [2.05, 4.69) is 6.07 Å². The van der Waals surface area contributed by atoms with Gasteiger partial charge in [-0.25, -0.2) is 4.79 Å². The fourth-order valence-corrected chi connectivity index (χ4v) is 3.17. The molecule has 7 heteroatoms. The van der Waals surface area contributed by atoms with E-state index in [-0.39, 0.29) is 0 Å². The highest BCUT2D eigenvalue weighted by Crippen LogP contribution is 2.33. The van der Waals surface area contributed by atoms with Crippen LogP contribution in [0.3, 0.4) is 0 Å². The third-order valence-corrected chi connectivity index (χ3v) is 4.47. The third-order valence-electron chi connectivity index (χ3n) is 4.23. The van der Waals surface area contributed by atoms with Crippen molar-refractivity contribution in [2.24, 2.45) is 0 Å². The van der Waals surface area contributed by atoms with Gasteiger partial charge in [0, 0.05) is 22.2 Å². The maximum absolute atomic E-state index is 12.9. The van der Waals surface area contributed by atoms with E-state index in [9.17, 15) is 14.9 Å². The largest absolute Gasteiger partial charge is 0.495 e. The number of carbonyl (C=O) groups excluding carboxylic acids is 1. The maximum Gasteiger partial charge on any atom is 0.329 e. The summed E-state index contributed by atoms with van der Waals surface area (Å²) in [5.41, 5.74) is 0.229. The number of hydrogen-bond acceptors (Lipinski definition) is 5. The van der Waals surface area contributed by atoms with Crippen molar-refractivity contribution >= 4 is 17.6 Å². The van der Waals surface area contributed by atoms with Gasteiger partial charge in [-0.1, -0.05) is 24.9 Å². The van der Waals surface area contributed by atoms with Crippen LogP contribution in [0.2, 0.25) is 5.02 Å². The van der Waals surface area contributed by atoms with Crippen LogP contribution in [0.25, 0.3) is 11.1 Å². The first-order valence-corrected chi connectivity index (χ1v) is 9.72.